The average molecular weight is 420 g/mol. The maximum absolute atomic E-state index is 12.5. The molecule has 0 saturated carbocycles. The third-order valence-corrected chi connectivity index (χ3v) is 5.91. The maximum Gasteiger partial charge on any atom is 0.350 e. The fourth-order valence-electron chi connectivity index (χ4n) is 2.95. The van der Waals surface area contributed by atoms with Gasteiger partial charge in [0.05, 0.1) is 22.9 Å². The number of rotatable bonds is 6. The van der Waals surface area contributed by atoms with Crippen LogP contribution in [0.2, 0.25) is 5.02 Å². The van der Waals surface area contributed by atoms with Gasteiger partial charge in [0, 0.05) is 15.8 Å². The van der Waals surface area contributed by atoms with Crippen molar-refractivity contribution in [2.75, 3.05) is 13.2 Å². The number of thiophene rings is 1. The van der Waals surface area contributed by atoms with Crippen LogP contribution in [0.25, 0.3) is 10.1 Å². The Labute approximate surface area is 170 Å². The molecule has 0 atom stereocenters. The number of hydrogen-bond donors (Lipinski definition) is 1. The number of fused-ring (bicyclic) bond motifs is 1. The van der Waals surface area contributed by atoms with Crippen molar-refractivity contribution in [1.82, 2.24) is 4.98 Å². The molecular weight excluding hydrogens is 402 g/mol. The number of halogens is 1. The molecule has 0 saturated heterocycles. The van der Waals surface area contributed by atoms with Crippen molar-refractivity contribution >= 4 is 50.7 Å². The van der Waals surface area contributed by atoms with Gasteiger partial charge in [-0.15, -0.1) is 11.3 Å². The molecule has 0 aliphatic rings. The molecule has 0 radical (unpaired) electrons. The standard InChI is InChI=1S/C20H18ClNO5S/c1-4-26-19(24)15-10(2)17(22-11(15)3)13(23)9-27-20(25)18-16(21)12-7-5-6-8-14(12)28-18/h5-8,22H,4,9H2,1-3H3. The van der Waals surface area contributed by atoms with Crippen LogP contribution in [0.15, 0.2) is 24.3 Å². The molecule has 0 fully saturated rings. The lowest BCUT2D eigenvalue weighted by Crippen LogP contribution is -2.15. The molecule has 6 nitrogen and oxygen atoms in total. The van der Waals surface area contributed by atoms with E-state index in [0.717, 1.165) is 10.1 Å². The van der Waals surface area contributed by atoms with Crippen LogP contribution in [-0.2, 0) is 9.47 Å². The predicted octanol–water partition coefficient (Wildman–Crippen LogP) is 4.72. The molecule has 2 aromatic heterocycles. The lowest BCUT2D eigenvalue weighted by Gasteiger charge is -2.04. The number of aromatic nitrogens is 1. The summed E-state index contributed by atoms with van der Waals surface area (Å²) in [7, 11) is 0. The summed E-state index contributed by atoms with van der Waals surface area (Å²) in [5.74, 6) is -1.60. The third kappa shape index (κ3) is 3.68. The molecule has 3 rings (SSSR count). The first-order chi connectivity index (χ1) is 13.3. The Morgan fingerprint density at radius 1 is 1.11 bits per heavy atom. The molecule has 8 heteroatoms. The van der Waals surface area contributed by atoms with E-state index in [1.54, 1.807) is 20.8 Å². The number of esters is 2. The number of ether oxygens (including phenoxy) is 2. The molecule has 2 heterocycles. The monoisotopic (exact) mass is 419 g/mol. The van der Waals surface area contributed by atoms with Gasteiger partial charge >= 0.3 is 11.9 Å². The van der Waals surface area contributed by atoms with Crippen LogP contribution >= 0.6 is 22.9 Å². The second-order valence-corrected chi connectivity index (χ2v) is 7.52. The topological polar surface area (TPSA) is 85.5 Å². The smallest absolute Gasteiger partial charge is 0.350 e. The number of nitrogens with one attached hydrogen (secondary N) is 1. The third-order valence-electron chi connectivity index (χ3n) is 4.25. The first-order valence-electron chi connectivity index (χ1n) is 8.58. The summed E-state index contributed by atoms with van der Waals surface area (Å²) in [5, 5.41) is 1.08. The highest BCUT2D eigenvalue weighted by Gasteiger charge is 2.24. The Bertz CT molecular complexity index is 1080. The van der Waals surface area contributed by atoms with E-state index in [0.29, 0.717) is 21.8 Å². The first-order valence-corrected chi connectivity index (χ1v) is 9.78. The molecule has 1 N–H and O–H groups in total. The van der Waals surface area contributed by atoms with E-state index in [-0.39, 0.29) is 17.2 Å². The highest BCUT2D eigenvalue weighted by Crippen LogP contribution is 2.35. The van der Waals surface area contributed by atoms with Gasteiger partial charge in [-0.25, -0.2) is 9.59 Å². The molecule has 0 amide bonds. The van der Waals surface area contributed by atoms with Crippen molar-refractivity contribution in [3.8, 4) is 0 Å². The number of H-pyrrole nitrogens is 1. The van der Waals surface area contributed by atoms with Crippen molar-refractivity contribution in [3.05, 3.63) is 56.7 Å². The quantitative estimate of drug-likeness (QED) is 0.461. The highest BCUT2D eigenvalue weighted by atomic mass is 35.5. The maximum atomic E-state index is 12.5. The van der Waals surface area contributed by atoms with Crippen molar-refractivity contribution < 1.29 is 23.9 Å². The van der Waals surface area contributed by atoms with Crippen LogP contribution < -0.4 is 0 Å². The van der Waals surface area contributed by atoms with Gasteiger partial charge in [-0.1, -0.05) is 29.8 Å². The summed E-state index contributed by atoms with van der Waals surface area (Å²) in [5.41, 5.74) is 1.54. The van der Waals surface area contributed by atoms with Gasteiger partial charge in [-0.05, 0) is 32.4 Å². The second-order valence-electron chi connectivity index (χ2n) is 6.09. The number of aryl methyl sites for hydroxylation is 1. The SMILES string of the molecule is CCOC(=O)c1c(C)[nH]c(C(=O)COC(=O)c2sc3ccccc3c2Cl)c1C. The lowest BCUT2D eigenvalue weighted by molar-refractivity contribution is 0.0477. The first kappa shape index (κ1) is 20.1. The zero-order valence-corrected chi connectivity index (χ0v) is 17.1. The largest absolute Gasteiger partial charge is 0.462 e. The second kappa shape index (κ2) is 8.16. The Hall–Kier alpha value is -2.64. The van der Waals surface area contributed by atoms with Crippen LogP contribution in [-0.4, -0.2) is 35.9 Å². The summed E-state index contributed by atoms with van der Waals surface area (Å²) < 4.78 is 11.0. The Morgan fingerprint density at radius 3 is 2.50 bits per heavy atom. The fraction of sp³-hybridized carbons (Fsp3) is 0.250. The minimum atomic E-state index is -0.661. The number of aromatic amines is 1. The Morgan fingerprint density at radius 2 is 1.82 bits per heavy atom. The van der Waals surface area contributed by atoms with E-state index >= 15 is 0 Å². The van der Waals surface area contributed by atoms with Gasteiger partial charge in [-0.2, -0.15) is 0 Å². The minimum Gasteiger partial charge on any atom is -0.462 e. The minimum absolute atomic E-state index is 0.218. The molecular formula is C20H18ClNO5S. The summed E-state index contributed by atoms with van der Waals surface area (Å²) in [6, 6.07) is 7.36. The van der Waals surface area contributed by atoms with E-state index < -0.39 is 24.3 Å². The number of ketones is 1. The van der Waals surface area contributed by atoms with Gasteiger partial charge in [0.2, 0.25) is 5.78 Å². The van der Waals surface area contributed by atoms with Crippen LogP contribution in [0.4, 0.5) is 0 Å². The fourth-order valence-corrected chi connectivity index (χ4v) is 4.35. The molecule has 0 spiro atoms. The summed E-state index contributed by atoms with van der Waals surface area (Å²) in [6.45, 7) is 4.80. The van der Waals surface area contributed by atoms with E-state index in [1.165, 1.54) is 11.3 Å². The number of Topliss-reactive ketones (excluding diaryl/α,β-unsaturated/α-hetero) is 1. The van der Waals surface area contributed by atoms with Crippen molar-refractivity contribution in [3.63, 3.8) is 0 Å². The van der Waals surface area contributed by atoms with Gasteiger partial charge in [0.25, 0.3) is 0 Å². The zero-order chi connectivity index (χ0) is 20.4. The number of hydrogen-bond acceptors (Lipinski definition) is 6. The molecule has 0 unspecified atom stereocenters. The van der Waals surface area contributed by atoms with E-state index in [9.17, 15) is 14.4 Å². The number of carbonyl (C=O) groups is 3. The molecule has 146 valence electrons. The molecule has 28 heavy (non-hydrogen) atoms. The molecule has 0 aliphatic carbocycles. The van der Waals surface area contributed by atoms with Gasteiger partial charge < -0.3 is 14.5 Å². The summed E-state index contributed by atoms with van der Waals surface area (Å²) in [6.07, 6.45) is 0. The van der Waals surface area contributed by atoms with Crippen molar-refractivity contribution in [2.45, 2.75) is 20.8 Å². The Kier molecular flexibility index (Phi) is 5.86. The number of benzene rings is 1. The van der Waals surface area contributed by atoms with E-state index in [1.807, 2.05) is 24.3 Å². The van der Waals surface area contributed by atoms with Crippen molar-refractivity contribution in [1.29, 1.82) is 0 Å². The normalized spacial score (nSPS) is 10.9. The Balaban J connectivity index is 1.75. The van der Waals surface area contributed by atoms with Crippen LogP contribution in [0.3, 0.4) is 0 Å². The molecule has 0 bridgehead atoms. The van der Waals surface area contributed by atoms with Crippen LogP contribution in [0, 0.1) is 13.8 Å². The summed E-state index contributed by atoms with van der Waals surface area (Å²) in [4.78, 5) is 40.1. The molecule has 0 aliphatic heterocycles. The van der Waals surface area contributed by atoms with Crippen molar-refractivity contribution in [2.24, 2.45) is 0 Å². The zero-order valence-electron chi connectivity index (χ0n) is 15.6. The number of carbonyl (C=O) groups excluding carboxylic acids is 3. The van der Waals surface area contributed by atoms with E-state index in [2.05, 4.69) is 4.98 Å². The van der Waals surface area contributed by atoms with Crippen LogP contribution in [0.5, 0.6) is 0 Å². The average Bonchev–Trinajstić information content (AvgIpc) is 3.16. The van der Waals surface area contributed by atoms with E-state index in [4.69, 9.17) is 21.1 Å². The van der Waals surface area contributed by atoms with Crippen LogP contribution in [0.1, 0.15) is 48.7 Å². The van der Waals surface area contributed by atoms with Gasteiger partial charge in [-0.3, -0.25) is 4.79 Å². The molecule has 3 aromatic rings. The van der Waals surface area contributed by atoms with Gasteiger partial charge in [0.1, 0.15) is 4.88 Å². The summed E-state index contributed by atoms with van der Waals surface area (Å²) >= 11 is 7.48. The lowest BCUT2D eigenvalue weighted by atomic mass is 10.1. The highest BCUT2D eigenvalue weighted by molar-refractivity contribution is 7.21. The predicted molar refractivity (Wildman–Crippen MR) is 108 cm³/mol. The molecule has 1 aromatic carbocycles. The van der Waals surface area contributed by atoms with Gasteiger partial charge in [0.15, 0.2) is 6.61 Å².